The number of Topliss-reactive ketones (excluding diaryl/α,β-unsaturated/α-hetero) is 1. The predicted octanol–water partition coefficient (Wildman–Crippen LogP) is 2.10. The van der Waals surface area contributed by atoms with Crippen molar-refractivity contribution in [1.29, 1.82) is 0 Å². The molecule has 4 aliphatic rings. The highest BCUT2D eigenvalue weighted by atomic mass is 16.3. The van der Waals surface area contributed by atoms with Crippen LogP contribution in [0.4, 0.5) is 0 Å². The molecule has 0 unspecified atom stereocenters. The lowest BCUT2D eigenvalue weighted by molar-refractivity contribution is -0.176. The Morgan fingerprint density at radius 2 is 2.04 bits per heavy atom. The molecule has 141 valence electrons. The van der Waals surface area contributed by atoms with Gasteiger partial charge < -0.3 is 15.3 Å². The fourth-order valence-corrected chi connectivity index (χ4v) is 6.84. The van der Waals surface area contributed by atoms with E-state index in [9.17, 15) is 24.9 Å². The van der Waals surface area contributed by atoms with Gasteiger partial charge in [-0.25, -0.2) is 0 Å². The van der Waals surface area contributed by atoms with Gasteiger partial charge in [0, 0.05) is 16.7 Å². The van der Waals surface area contributed by atoms with Crippen LogP contribution >= 0.6 is 0 Å². The second kappa shape index (κ2) is 5.60. The smallest absolute Gasteiger partial charge is 0.196 e. The lowest BCUT2D eigenvalue weighted by atomic mass is 9.46. The van der Waals surface area contributed by atoms with Crippen molar-refractivity contribution >= 4 is 11.6 Å². The monoisotopic (exact) mass is 359 g/mol. The zero-order valence-electron chi connectivity index (χ0n) is 15.3. The highest BCUT2D eigenvalue weighted by molar-refractivity contribution is 6.01. The van der Waals surface area contributed by atoms with Crippen LogP contribution in [0.3, 0.4) is 0 Å². The molecule has 0 saturated heterocycles. The molecule has 0 aromatic heterocycles. The third-order valence-corrected chi connectivity index (χ3v) is 8.17. The number of hydrogen-bond acceptors (Lipinski definition) is 5. The number of carbonyl (C=O) groups excluding carboxylic acids is 2. The predicted molar refractivity (Wildman–Crippen MR) is 94.2 cm³/mol. The molecule has 7 atom stereocenters. The molecule has 5 nitrogen and oxygen atoms in total. The van der Waals surface area contributed by atoms with Gasteiger partial charge in [0.1, 0.15) is 12.2 Å². The molecule has 4 aliphatic carbocycles. The SMILES string of the molecule is C[C@]12C=CC(=O)C=C1CC[C@@H]1[C@@H]2[C@@H](O)C[C@@]2(C)[C@H]1CC[C@]2(O)C(=O)[CH]O. The standard InChI is InChI=1S/C21H27O5/c1-19-7-5-13(23)9-12(19)3-4-14-15-6-8-21(26,17(25)11-22)20(15,2)10-16(24)18(14)19/h5,7,9,11,14-16,18,22,24,26H,3-4,6,8,10H2,1-2H3/t14-,15-,16-,18+,19-,20-,21-/m0/s1. The number of carbonyl (C=O) groups is 2. The third-order valence-electron chi connectivity index (χ3n) is 8.17. The number of aliphatic hydroxyl groups excluding tert-OH is 2. The van der Waals surface area contributed by atoms with E-state index in [2.05, 4.69) is 6.92 Å². The van der Waals surface area contributed by atoms with Gasteiger partial charge in [-0.3, -0.25) is 9.59 Å². The molecule has 0 heterocycles. The van der Waals surface area contributed by atoms with Crippen LogP contribution in [-0.2, 0) is 9.59 Å². The van der Waals surface area contributed by atoms with Crippen molar-refractivity contribution in [2.45, 2.75) is 57.7 Å². The first-order chi connectivity index (χ1) is 12.2. The Kier molecular flexibility index (Phi) is 3.89. The lowest BCUT2D eigenvalue weighted by Gasteiger charge is -2.59. The minimum atomic E-state index is -1.62. The van der Waals surface area contributed by atoms with Gasteiger partial charge in [-0.1, -0.05) is 25.5 Å². The van der Waals surface area contributed by atoms with Crippen molar-refractivity contribution in [3.05, 3.63) is 30.4 Å². The van der Waals surface area contributed by atoms with Crippen molar-refractivity contribution in [2.75, 3.05) is 0 Å². The van der Waals surface area contributed by atoms with Crippen LogP contribution < -0.4 is 0 Å². The van der Waals surface area contributed by atoms with Gasteiger partial charge in [0.25, 0.3) is 0 Å². The van der Waals surface area contributed by atoms with Crippen LogP contribution in [0.1, 0.15) is 46.0 Å². The third kappa shape index (κ3) is 2.08. The Hall–Kier alpha value is -1.30. The second-order valence-corrected chi connectivity index (χ2v) is 9.10. The summed E-state index contributed by atoms with van der Waals surface area (Å²) in [5.41, 5.74) is -1.64. The molecule has 26 heavy (non-hydrogen) atoms. The molecule has 3 fully saturated rings. The average molecular weight is 359 g/mol. The van der Waals surface area contributed by atoms with E-state index in [1.165, 1.54) is 0 Å². The van der Waals surface area contributed by atoms with E-state index < -0.39 is 22.9 Å². The van der Waals surface area contributed by atoms with Crippen LogP contribution in [0.2, 0.25) is 0 Å². The van der Waals surface area contributed by atoms with E-state index in [1.54, 1.807) is 12.2 Å². The number of hydrogen-bond donors (Lipinski definition) is 3. The summed E-state index contributed by atoms with van der Waals surface area (Å²) in [6.45, 7) is 4.46. The Morgan fingerprint density at radius 3 is 2.73 bits per heavy atom. The first-order valence-corrected chi connectivity index (χ1v) is 9.54. The molecule has 0 amide bonds. The average Bonchev–Trinajstić information content (AvgIpc) is 2.86. The molecule has 5 heteroatoms. The summed E-state index contributed by atoms with van der Waals surface area (Å²) in [5.74, 6) is -0.400. The molecule has 3 N–H and O–H groups in total. The van der Waals surface area contributed by atoms with E-state index in [4.69, 9.17) is 0 Å². The summed E-state index contributed by atoms with van der Waals surface area (Å²) in [5, 5.41) is 31.5. The topological polar surface area (TPSA) is 94.8 Å². The maximum Gasteiger partial charge on any atom is 0.196 e. The van der Waals surface area contributed by atoms with Crippen LogP contribution in [-0.4, -0.2) is 38.6 Å². The Bertz CT molecular complexity index is 724. The van der Waals surface area contributed by atoms with Crippen LogP contribution in [0.25, 0.3) is 0 Å². The number of ketones is 2. The van der Waals surface area contributed by atoms with Crippen molar-refractivity contribution in [3.8, 4) is 0 Å². The summed E-state index contributed by atoms with van der Waals surface area (Å²) in [4.78, 5) is 24.1. The fraction of sp³-hybridized carbons (Fsp3) is 0.667. The molecule has 3 saturated carbocycles. The Balaban J connectivity index is 1.75. The van der Waals surface area contributed by atoms with Crippen LogP contribution in [0, 0.1) is 35.2 Å². The van der Waals surface area contributed by atoms with Gasteiger partial charge in [-0.2, -0.15) is 0 Å². The molecular formula is C21H27O5. The lowest BCUT2D eigenvalue weighted by Crippen LogP contribution is -2.61. The maximum atomic E-state index is 12.3. The fourth-order valence-electron chi connectivity index (χ4n) is 6.84. The van der Waals surface area contributed by atoms with Gasteiger partial charge in [0.15, 0.2) is 11.6 Å². The van der Waals surface area contributed by atoms with Gasteiger partial charge in [-0.05, 0) is 56.1 Å². The minimum Gasteiger partial charge on any atom is -0.393 e. The largest absolute Gasteiger partial charge is 0.393 e. The molecule has 0 bridgehead atoms. The Morgan fingerprint density at radius 1 is 1.31 bits per heavy atom. The second-order valence-electron chi connectivity index (χ2n) is 9.10. The summed E-state index contributed by atoms with van der Waals surface area (Å²) in [7, 11) is 0. The number of fused-ring (bicyclic) bond motifs is 5. The minimum absolute atomic E-state index is 0.00498. The first-order valence-electron chi connectivity index (χ1n) is 9.54. The molecule has 4 rings (SSSR count). The van der Waals surface area contributed by atoms with Gasteiger partial charge in [0.2, 0.25) is 0 Å². The van der Waals surface area contributed by atoms with Crippen molar-refractivity contribution in [3.63, 3.8) is 0 Å². The summed E-state index contributed by atoms with van der Waals surface area (Å²) in [6.07, 6.45) is 7.56. The molecular weight excluding hydrogens is 332 g/mol. The van der Waals surface area contributed by atoms with Gasteiger partial charge in [-0.15, -0.1) is 0 Å². The normalized spacial score (nSPS) is 49.9. The molecule has 1 radical (unpaired) electrons. The quantitative estimate of drug-likeness (QED) is 0.702. The summed E-state index contributed by atoms with van der Waals surface area (Å²) < 4.78 is 0. The van der Waals surface area contributed by atoms with Crippen molar-refractivity contribution < 1.29 is 24.9 Å². The first kappa shape index (κ1) is 18.1. The highest BCUT2D eigenvalue weighted by Crippen LogP contribution is 2.67. The molecule has 0 spiro atoms. The summed E-state index contributed by atoms with van der Waals surface area (Å²) in [6, 6.07) is 0. The van der Waals surface area contributed by atoms with E-state index in [0.29, 0.717) is 25.9 Å². The molecule has 0 aliphatic heterocycles. The summed E-state index contributed by atoms with van der Waals surface area (Å²) >= 11 is 0. The zero-order chi connectivity index (χ0) is 18.9. The van der Waals surface area contributed by atoms with Gasteiger partial charge >= 0.3 is 0 Å². The maximum absolute atomic E-state index is 12.3. The van der Waals surface area contributed by atoms with Gasteiger partial charge in [0.05, 0.1) is 6.10 Å². The van der Waals surface area contributed by atoms with E-state index >= 15 is 0 Å². The Labute approximate surface area is 153 Å². The molecule has 0 aromatic rings. The number of rotatable bonds is 2. The van der Waals surface area contributed by atoms with Crippen LogP contribution in [0.15, 0.2) is 23.8 Å². The van der Waals surface area contributed by atoms with Crippen molar-refractivity contribution in [1.82, 2.24) is 0 Å². The van der Waals surface area contributed by atoms with Crippen molar-refractivity contribution in [2.24, 2.45) is 28.6 Å². The zero-order valence-corrected chi connectivity index (χ0v) is 15.3. The molecule has 0 aromatic carbocycles. The van der Waals surface area contributed by atoms with E-state index in [1.807, 2.05) is 13.0 Å². The van der Waals surface area contributed by atoms with E-state index in [0.717, 1.165) is 18.4 Å². The highest BCUT2D eigenvalue weighted by Gasteiger charge is 2.68. The number of allylic oxidation sites excluding steroid dienone is 4. The van der Waals surface area contributed by atoms with Crippen LogP contribution in [0.5, 0.6) is 0 Å². The van der Waals surface area contributed by atoms with E-state index in [-0.39, 0.29) is 29.0 Å². The number of aliphatic hydroxyl groups is 3.